The van der Waals surface area contributed by atoms with E-state index < -0.39 is 0 Å². The molecule has 0 atom stereocenters. The largest absolute Gasteiger partial charge is 0.351 e. The first kappa shape index (κ1) is 12.0. The molecular weight excluding hydrogens is 212 g/mol. The summed E-state index contributed by atoms with van der Waals surface area (Å²) in [7, 11) is 0. The minimum absolute atomic E-state index is 0.168. The Morgan fingerprint density at radius 3 is 2.87 bits per heavy atom. The van der Waals surface area contributed by atoms with Crippen molar-refractivity contribution in [2.24, 2.45) is 5.92 Å². The van der Waals surface area contributed by atoms with E-state index in [0.29, 0.717) is 23.3 Å². The van der Waals surface area contributed by atoms with Crippen LogP contribution < -0.4 is 5.32 Å². The Labute approximate surface area is 94.9 Å². The van der Waals surface area contributed by atoms with E-state index in [1.165, 1.54) is 0 Å². The molecule has 82 valence electrons. The van der Waals surface area contributed by atoms with Gasteiger partial charge >= 0.3 is 0 Å². The van der Waals surface area contributed by atoms with Crippen molar-refractivity contribution in [3.63, 3.8) is 0 Å². The van der Waals surface area contributed by atoms with Crippen molar-refractivity contribution in [2.75, 3.05) is 6.54 Å². The first-order chi connectivity index (χ1) is 7.09. The minimum atomic E-state index is -0.168. The lowest BCUT2D eigenvalue weighted by Crippen LogP contribution is -2.26. The van der Waals surface area contributed by atoms with Gasteiger partial charge in [-0.15, -0.1) is 0 Å². The van der Waals surface area contributed by atoms with Crippen molar-refractivity contribution in [3.05, 3.63) is 29.0 Å². The second-order valence-electron chi connectivity index (χ2n) is 3.78. The lowest BCUT2D eigenvalue weighted by molar-refractivity contribution is 0.0947. The van der Waals surface area contributed by atoms with Gasteiger partial charge in [0.25, 0.3) is 5.91 Å². The van der Waals surface area contributed by atoms with Gasteiger partial charge < -0.3 is 5.32 Å². The molecule has 0 aliphatic carbocycles. The van der Waals surface area contributed by atoms with Crippen LogP contribution in [0.15, 0.2) is 18.2 Å². The number of rotatable bonds is 4. The highest BCUT2D eigenvalue weighted by atomic mass is 35.5. The van der Waals surface area contributed by atoms with Gasteiger partial charge in [-0.1, -0.05) is 31.5 Å². The fourth-order valence-electron chi connectivity index (χ4n) is 1.10. The molecule has 15 heavy (non-hydrogen) atoms. The monoisotopic (exact) mass is 226 g/mol. The van der Waals surface area contributed by atoms with Crippen molar-refractivity contribution >= 4 is 17.5 Å². The van der Waals surface area contributed by atoms with Crippen molar-refractivity contribution in [2.45, 2.75) is 20.3 Å². The van der Waals surface area contributed by atoms with Crippen LogP contribution in [-0.2, 0) is 0 Å². The molecule has 0 aliphatic heterocycles. The maximum atomic E-state index is 11.5. The molecule has 1 rings (SSSR count). The zero-order valence-electron chi connectivity index (χ0n) is 8.96. The van der Waals surface area contributed by atoms with Crippen LogP contribution >= 0.6 is 11.6 Å². The molecule has 0 saturated carbocycles. The van der Waals surface area contributed by atoms with E-state index in [4.69, 9.17) is 11.6 Å². The molecule has 0 aromatic carbocycles. The second kappa shape index (κ2) is 5.71. The molecule has 0 bridgehead atoms. The van der Waals surface area contributed by atoms with Crippen LogP contribution in [0.5, 0.6) is 0 Å². The summed E-state index contributed by atoms with van der Waals surface area (Å²) in [6.07, 6.45) is 0.965. The van der Waals surface area contributed by atoms with E-state index >= 15 is 0 Å². The number of carbonyl (C=O) groups is 1. The number of hydrogen-bond acceptors (Lipinski definition) is 2. The second-order valence-corrected chi connectivity index (χ2v) is 4.17. The zero-order valence-corrected chi connectivity index (χ0v) is 9.71. The SMILES string of the molecule is CC(C)CCNC(=O)c1cccc(Cl)n1. The number of pyridine rings is 1. The molecule has 4 heteroatoms. The predicted molar refractivity (Wildman–Crippen MR) is 61.0 cm³/mol. The average Bonchev–Trinajstić information content (AvgIpc) is 2.17. The standard InChI is InChI=1S/C11H15ClN2O/c1-8(2)6-7-13-11(15)9-4-3-5-10(12)14-9/h3-5,8H,6-7H2,1-2H3,(H,13,15). The molecule has 1 aromatic rings. The maximum Gasteiger partial charge on any atom is 0.269 e. The number of nitrogens with one attached hydrogen (secondary N) is 1. The highest BCUT2D eigenvalue weighted by molar-refractivity contribution is 6.29. The number of aromatic nitrogens is 1. The van der Waals surface area contributed by atoms with Gasteiger partial charge in [0.05, 0.1) is 0 Å². The number of amides is 1. The topological polar surface area (TPSA) is 42.0 Å². The van der Waals surface area contributed by atoms with Crippen molar-refractivity contribution in [3.8, 4) is 0 Å². The normalized spacial score (nSPS) is 10.4. The number of nitrogens with zero attached hydrogens (tertiary/aromatic N) is 1. The van der Waals surface area contributed by atoms with E-state index in [9.17, 15) is 4.79 Å². The molecule has 1 heterocycles. The van der Waals surface area contributed by atoms with Crippen LogP contribution in [-0.4, -0.2) is 17.4 Å². The summed E-state index contributed by atoms with van der Waals surface area (Å²) in [5, 5.41) is 3.14. The molecule has 0 fully saturated rings. The fraction of sp³-hybridized carbons (Fsp3) is 0.455. The minimum Gasteiger partial charge on any atom is -0.351 e. The Morgan fingerprint density at radius 1 is 1.53 bits per heavy atom. The Balaban J connectivity index is 2.47. The average molecular weight is 227 g/mol. The molecular formula is C11H15ClN2O. The summed E-state index contributed by atoms with van der Waals surface area (Å²) >= 11 is 5.68. The van der Waals surface area contributed by atoms with Crippen molar-refractivity contribution in [1.29, 1.82) is 0 Å². The predicted octanol–water partition coefficient (Wildman–Crippen LogP) is 2.51. The van der Waals surface area contributed by atoms with Gasteiger partial charge in [0, 0.05) is 6.54 Å². The maximum absolute atomic E-state index is 11.5. The van der Waals surface area contributed by atoms with Crippen LogP contribution in [0, 0.1) is 5.92 Å². The van der Waals surface area contributed by atoms with E-state index in [0.717, 1.165) is 6.42 Å². The number of carbonyl (C=O) groups excluding carboxylic acids is 1. The molecule has 0 saturated heterocycles. The third-order valence-electron chi connectivity index (χ3n) is 1.95. The third-order valence-corrected chi connectivity index (χ3v) is 2.17. The summed E-state index contributed by atoms with van der Waals surface area (Å²) < 4.78 is 0. The lowest BCUT2D eigenvalue weighted by Gasteiger charge is -2.06. The summed E-state index contributed by atoms with van der Waals surface area (Å²) in [5.41, 5.74) is 0.367. The van der Waals surface area contributed by atoms with Crippen molar-refractivity contribution < 1.29 is 4.79 Å². The summed E-state index contributed by atoms with van der Waals surface area (Å²) in [6, 6.07) is 5.01. The van der Waals surface area contributed by atoms with Gasteiger partial charge in [0.1, 0.15) is 10.8 Å². The van der Waals surface area contributed by atoms with Gasteiger partial charge in [-0.2, -0.15) is 0 Å². The van der Waals surface area contributed by atoms with Crippen LogP contribution in [0.25, 0.3) is 0 Å². The Bertz CT molecular complexity index is 339. The lowest BCUT2D eigenvalue weighted by atomic mass is 10.1. The van der Waals surface area contributed by atoms with Gasteiger partial charge in [-0.25, -0.2) is 4.98 Å². The number of halogens is 1. The molecule has 1 N–H and O–H groups in total. The van der Waals surface area contributed by atoms with Crippen LogP contribution in [0.2, 0.25) is 5.15 Å². The molecule has 3 nitrogen and oxygen atoms in total. The quantitative estimate of drug-likeness (QED) is 0.802. The summed E-state index contributed by atoms with van der Waals surface area (Å²) in [6.45, 7) is 4.90. The third kappa shape index (κ3) is 4.30. The van der Waals surface area contributed by atoms with Gasteiger partial charge in [0.15, 0.2) is 0 Å². The van der Waals surface area contributed by atoms with Crippen molar-refractivity contribution in [1.82, 2.24) is 10.3 Å². The van der Waals surface area contributed by atoms with E-state index in [-0.39, 0.29) is 5.91 Å². The van der Waals surface area contributed by atoms with Gasteiger partial charge in [-0.05, 0) is 24.5 Å². The molecule has 0 unspecified atom stereocenters. The van der Waals surface area contributed by atoms with E-state index in [2.05, 4.69) is 24.1 Å². The van der Waals surface area contributed by atoms with E-state index in [1.54, 1.807) is 18.2 Å². The Hall–Kier alpha value is -1.09. The highest BCUT2D eigenvalue weighted by Crippen LogP contribution is 2.05. The Kier molecular flexibility index (Phi) is 4.56. The van der Waals surface area contributed by atoms with Crippen LogP contribution in [0.1, 0.15) is 30.8 Å². The summed E-state index contributed by atoms with van der Waals surface area (Å²) in [4.78, 5) is 15.5. The van der Waals surface area contributed by atoms with Gasteiger partial charge in [0.2, 0.25) is 0 Å². The Morgan fingerprint density at radius 2 is 2.27 bits per heavy atom. The first-order valence-electron chi connectivity index (χ1n) is 5.00. The molecule has 1 aromatic heterocycles. The van der Waals surface area contributed by atoms with Gasteiger partial charge in [-0.3, -0.25) is 4.79 Å². The molecule has 0 aliphatic rings. The zero-order chi connectivity index (χ0) is 11.3. The van der Waals surface area contributed by atoms with E-state index in [1.807, 2.05) is 0 Å². The number of hydrogen-bond donors (Lipinski definition) is 1. The fourth-order valence-corrected chi connectivity index (χ4v) is 1.26. The summed E-state index contributed by atoms with van der Waals surface area (Å²) in [5.74, 6) is 0.413. The molecule has 0 spiro atoms. The van der Waals surface area contributed by atoms with Crippen LogP contribution in [0.4, 0.5) is 0 Å². The molecule has 1 amide bonds. The van der Waals surface area contributed by atoms with Crippen LogP contribution in [0.3, 0.4) is 0 Å². The highest BCUT2D eigenvalue weighted by Gasteiger charge is 2.06. The smallest absolute Gasteiger partial charge is 0.269 e. The first-order valence-corrected chi connectivity index (χ1v) is 5.38. The molecule has 0 radical (unpaired) electrons.